The third kappa shape index (κ3) is 4.23. The second kappa shape index (κ2) is 5.27. The fourth-order valence-corrected chi connectivity index (χ4v) is 0.854. The number of hydrogen-bond donors (Lipinski definition) is 1. The Morgan fingerprint density at radius 2 is 2.23 bits per heavy atom. The first kappa shape index (κ1) is 9.68. The van der Waals surface area contributed by atoms with Crippen molar-refractivity contribution >= 4 is 6.08 Å². The summed E-state index contributed by atoms with van der Waals surface area (Å²) in [6.07, 6.45) is 8.61. The van der Waals surface area contributed by atoms with Gasteiger partial charge in [-0.1, -0.05) is 24.3 Å². The molecule has 1 N–H and O–H groups in total. The van der Waals surface area contributed by atoms with Crippen molar-refractivity contribution < 1.29 is 5.11 Å². The SMILES string of the molecule is CC(O)/C=C/C=C/c1ccccn1. The number of aliphatic hydroxyl groups excluding tert-OH is 1. The van der Waals surface area contributed by atoms with E-state index in [0.717, 1.165) is 5.69 Å². The normalized spacial score (nSPS) is 14.0. The van der Waals surface area contributed by atoms with Crippen LogP contribution in [0, 0.1) is 0 Å². The molecule has 0 aliphatic carbocycles. The molecule has 13 heavy (non-hydrogen) atoms. The van der Waals surface area contributed by atoms with Gasteiger partial charge in [-0.15, -0.1) is 0 Å². The molecule has 0 spiro atoms. The molecule has 2 heteroatoms. The van der Waals surface area contributed by atoms with Crippen LogP contribution >= 0.6 is 0 Å². The number of pyridine rings is 1. The van der Waals surface area contributed by atoms with Crippen molar-refractivity contribution in [2.45, 2.75) is 13.0 Å². The van der Waals surface area contributed by atoms with Crippen LogP contribution in [-0.2, 0) is 0 Å². The standard InChI is InChI=1S/C11H13NO/c1-10(13)6-2-3-7-11-8-4-5-9-12-11/h2-10,13H,1H3/b6-2+,7-3+. The lowest BCUT2D eigenvalue weighted by atomic mass is 10.3. The van der Waals surface area contributed by atoms with E-state index in [2.05, 4.69) is 4.98 Å². The van der Waals surface area contributed by atoms with Gasteiger partial charge in [0.15, 0.2) is 0 Å². The number of rotatable bonds is 3. The van der Waals surface area contributed by atoms with Crippen LogP contribution in [0.1, 0.15) is 12.6 Å². The quantitative estimate of drug-likeness (QED) is 0.713. The van der Waals surface area contributed by atoms with Crippen LogP contribution in [0.15, 0.2) is 42.6 Å². The average Bonchev–Trinajstić information content (AvgIpc) is 2.14. The number of nitrogens with zero attached hydrogens (tertiary/aromatic N) is 1. The van der Waals surface area contributed by atoms with Crippen LogP contribution in [0.4, 0.5) is 0 Å². The van der Waals surface area contributed by atoms with Gasteiger partial charge in [-0.25, -0.2) is 0 Å². The zero-order valence-electron chi connectivity index (χ0n) is 7.59. The first-order valence-electron chi connectivity index (χ1n) is 4.23. The molecular formula is C11H13NO. The summed E-state index contributed by atoms with van der Waals surface area (Å²) in [7, 11) is 0. The summed E-state index contributed by atoms with van der Waals surface area (Å²) >= 11 is 0. The van der Waals surface area contributed by atoms with Crippen LogP contribution in [0.2, 0.25) is 0 Å². The molecule has 1 atom stereocenters. The smallest absolute Gasteiger partial charge is 0.0695 e. The van der Waals surface area contributed by atoms with Gasteiger partial charge in [0, 0.05) is 6.20 Å². The molecular weight excluding hydrogens is 162 g/mol. The van der Waals surface area contributed by atoms with E-state index in [4.69, 9.17) is 5.11 Å². The predicted octanol–water partition coefficient (Wildman–Crippen LogP) is 2.03. The maximum Gasteiger partial charge on any atom is 0.0695 e. The summed E-state index contributed by atoms with van der Waals surface area (Å²) in [4.78, 5) is 4.11. The van der Waals surface area contributed by atoms with Crippen molar-refractivity contribution in [2.24, 2.45) is 0 Å². The minimum absolute atomic E-state index is 0.395. The summed E-state index contributed by atoms with van der Waals surface area (Å²) in [5.74, 6) is 0. The van der Waals surface area contributed by atoms with Crippen molar-refractivity contribution in [3.8, 4) is 0 Å². The Morgan fingerprint density at radius 3 is 2.85 bits per heavy atom. The third-order valence-electron chi connectivity index (χ3n) is 1.46. The molecule has 1 rings (SSSR count). The highest BCUT2D eigenvalue weighted by molar-refractivity contribution is 5.46. The monoisotopic (exact) mass is 175 g/mol. The van der Waals surface area contributed by atoms with Crippen LogP contribution in [-0.4, -0.2) is 16.2 Å². The van der Waals surface area contributed by atoms with Crippen molar-refractivity contribution in [2.75, 3.05) is 0 Å². The van der Waals surface area contributed by atoms with Gasteiger partial charge in [-0.3, -0.25) is 4.98 Å². The van der Waals surface area contributed by atoms with Crippen LogP contribution in [0.5, 0.6) is 0 Å². The molecule has 0 aromatic carbocycles. The first-order chi connectivity index (χ1) is 6.29. The third-order valence-corrected chi connectivity index (χ3v) is 1.46. The highest BCUT2D eigenvalue weighted by Gasteiger charge is 1.83. The fourth-order valence-electron chi connectivity index (χ4n) is 0.854. The van der Waals surface area contributed by atoms with Crippen molar-refractivity contribution in [3.63, 3.8) is 0 Å². The van der Waals surface area contributed by atoms with E-state index in [1.54, 1.807) is 25.3 Å². The maximum atomic E-state index is 8.91. The van der Waals surface area contributed by atoms with Gasteiger partial charge in [0.05, 0.1) is 11.8 Å². The van der Waals surface area contributed by atoms with Gasteiger partial charge in [0.1, 0.15) is 0 Å². The van der Waals surface area contributed by atoms with Gasteiger partial charge < -0.3 is 5.11 Å². The summed E-state index contributed by atoms with van der Waals surface area (Å²) in [5, 5.41) is 8.91. The topological polar surface area (TPSA) is 33.1 Å². The van der Waals surface area contributed by atoms with Crippen LogP contribution < -0.4 is 0 Å². The molecule has 0 aliphatic heterocycles. The molecule has 1 aromatic heterocycles. The van der Waals surface area contributed by atoms with Crippen molar-refractivity contribution in [1.29, 1.82) is 0 Å². The van der Waals surface area contributed by atoms with E-state index >= 15 is 0 Å². The molecule has 0 fully saturated rings. The number of hydrogen-bond acceptors (Lipinski definition) is 2. The van der Waals surface area contributed by atoms with Crippen LogP contribution in [0.3, 0.4) is 0 Å². The van der Waals surface area contributed by atoms with Gasteiger partial charge in [-0.05, 0) is 25.1 Å². The minimum Gasteiger partial charge on any atom is -0.389 e. The lowest BCUT2D eigenvalue weighted by molar-refractivity contribution is 0.244. The Morgan fingerprint density at radius 1 is 1.38 bits per heavy atom. The van der Waals surface area contributed by atoms with E-state index in [9.17, 15) is 0 Å². The van der Waals surface area contributed by atoms with Gasteiger partial charge >= 0.3 is 0 Å². The maximum absolute atomic E-state index is 8.91. The van der Waals surface area contributed by atoms with Gasteiger partial charge in [0.25, 0.3) is 0 Å². The zero-order chi connectivity index (χ0) is 9.52. The molecule has 0 saturated carbocycles. The molecule has 0 aliphatic rings. The fraction of sp³-hybridized carbons (Fsp3) is 0.182. The highest BCUT2D eigenvalue weighted by atomic mass is 16.3. The average molecular weight is 175 g/mol. The molecule has 2 nitrogen and oxygen atoms in total. The summed E-state index contributed by atoms with van der Waals surface area (Å²) in [5.41, 5.74) is 0.915. The number of aliphatic hydroxyl groups is 1. The lowest BCUT2D eigenvalue weighted by Gasteiger charge is -1.90. The van der Waals surface area contributed by atoms with Crippen molar-refractivity contribution in [1.82, 2.24) is 4.98 Å². The van der Waals surface area contributed by atoms with Gasteiger partial charge in [-0.2, -0.15) is 0 Å². The first-order valence-corrected chi connectivity index (χ1v) is 4.23. The largest absolute Gasteiger partial charge is 0.389 e. The summed E-state index contributed by atoms with van der Waals surface area (Å²) in [6, 6.07) is 5.74. The van der Waals surface area contributed by atoms with E-state index in [-0.39, 0.29) is 0 Å². The molecule has 0 saturated heterocycles. The highest BCUT2D eigenvalue weighted by Crippen LogP contribution is 1.96. The molecule has 1 heterocycles. The second-order valence-corrected chi connectivity index (χ2v) is 2.74. The Bertz CT molecular complexity index is 288. The van der Waals surface area contributed by atoms with E-state index < -0.39 is 6.10 Å². The molecule has 0 amide bonds. The molecule has 0 bridgehead atoms. The van der Waals surface area contributed by atoms with E-state index in [1.165, 1.54) is 0 Å². The van der Waals surface area contributed by atoms with E-state index in [0.29, 0.717) is 0 Å². The Kier molecular flexibility index (Phi) is 3.93. The molecule has 1 aromatic rings. The Hall–Kier alpha value is -1.41. The lowest BCUT2D eigenvalue weighted by Crippen LogP contribution is -1.90. The summed E-state index contributed by atoms with van der Waals surface area (Å²) < 4.78 is 0. The Balaban J connectivity index is 2.50. The predicted molar refractivity (Wildman–Crippen MR) is 54.1 cm³/mol. The minimum atomic E-state index is -0.395. The van der Waals surface area contributed by atoms with Gasteiger partial charge in [0.2, 0.25) is 0 Å². The second-order valence-electron chi connectivity index (χ2n) is 2.74. The number of aromatic nitrogens is 1. The molecule has 0 radical (unpaired) electrons. The van der Waals surface area contributed by atoms with Crippen LogP contribution in [0.25, 0.3) is 6.08 Å². The number of allylic oxidation sites excluding steroid dienone is 2. The Labute approximate surface area is 78.3 Å². The van der Waals surface area contributed by atoms with Crippen molar-refractivity contribution in [3.05, 3.63) is 48.3 Å². The molecule has 68 valence electrons. The summed E-state index contributed by atoms with van der Waals surface area (Å²) in [6.45, 7) is 1.71. The zero-order valence-corrected chi connectivity index (χ0v) is 7.59. The van der Waals surface area contributed by atoms with E-state index in [1.807, 2.05) is 30.4 Å². The molecule has 1 unspecified atom stereocenters.